The number of hydrogen-bond acceptors (Lipinski definition) is 5. The van der Waals surface area contributed by atoms with Gasteiger partial charge in [0.05, 0.1) is 19.3 Å². The van der Waals surface area contributed by atoms with Crippen LogP contribution in [0.25, 0.3) is 0 Å². The van der Waals surface area contributed by atoms with E-state index in [2.05, 4.69) is 23.5 Å². The molecule has 0 aliphatic carbocycles. The Bertz CT molecular complexity index is 771. The summed E-state index contributed by atoms with van der Waals surface area (Å²) in [6, 6.07) is 14.0. The number of hydrogen-bond donors (Lipinski definition) is 1. The molecule has 1 spiro atoms. The molecular formula is C22H27NO4. The Morgan fingerprint density at radius 1 is 0.963 bits per heavy atom. The molecule has 0 amide bonds. The molecule has 1 fully saturated rings. The zero-order valence-corrected chi connectivity index (χ0v) is 15.8. The first-order valence-corrected chi connectivity index (χ1v) is 9.67. The highest BCUT2D eigenvalue weighted by Gasteiger charge is 2.38. The van der Waals surface area contributed by atoms with Gasteiger partial charge in [-0.3, -0.25) is 0 Å². The summed E-state index contributed by atoms with van der Waals surface area (Å²) in [6.45, 7) is 3.80. The second-order valence-corrected chi connectivity index (χ2v) is 7.04. The van der Waals surface area contributed by atoms with E-state index in [0.717, 1.165) is 56.2 Å². The zero-order valence-electron chi connectivity index (χ0n) is 15.8. The minimum Gasteiger partial charge on any atom is -0.497 e. The zero-order chi connectivity index (χ0) is 18.5. The van der Waals surface area contributed by atoms with Crippen LogP contribution in [0.4, 0.5) is 0 Å². The molecular weight excluding hydrogens is 342 g/mol. The molecule has 0 bridgehead atoms. The van der Waals surface area contributed by atoms with E-state index in [9.17, 15) is 0 Å². The van der Waals surface area contributed by atoms with Crippen LogP contribution in [-0.4, -0.2) is 40.0 Å². The molecule has 144 valence electrons. The summed E-state index contributed by atoms with van der Waals surface area (Å²) in [5.74, 6) is 2.47. The van der Waals surface area contributed by atoms with Gasteiger partial charge in [0.1, 0.15) is 30.5 Å². The molecule has 2 aliphatic rings. The molecule has 2 aromatic rings. The van der Waals surface area contributed by atoms with E-state index in [0.29, 0.717) is 13.2 Å². The maximum absolute atomic E-state index is 6.23. The predicted molar refractivity (Wildman–Crippen MR) is 104 cm³/mol. The largest absolute Gasteiger partial charge is 0.497 e. The molecule has 2 heterocycles. The van der Waals surface area contributed by atoms with Crippen LogP contribution in [0.15, 0.2) is 42.5 Å². The van der Waals surface area contributed by atoms with Crippen LogP contribution in [0, 0.1) is 0 Å². The van der Waals surface area contributed by atoms with Gasteiger partial charge >= 0.3 is 0 Å². The van der Waals surface area contributed by atoms with Crippen LogP contribution in [0.5, 0.6) is 17.2 Å². The third-order valence-corrected chi connectivity index (χ3v) is 5.39. The van der Waals surface area contributed by atoms with Gasteiger partial charge in [0.15, 0.2) is 0 Å². The standard InChI is InChI=1S/C22H27NO4/c1-24-18-3-2-4-19(16-18)25-13-14-26-20-5-6-21-17(15-20)7-12-27-22(21)8-10-23-11-9-22/h2-6,15-16,23H,7-14H2,1H3. The topological polar surface area (TPSA) is 49.0 Å². The summed E-state index contributed by atoms with van der Waals surface area (Å²) in [5, 5.41) is 3.43. The van der Waals surface area contributed by atoms with E-state index in [1.54, 1.807) is 7.11 Å². The smallest absolute Gasteiger partial charge is 0.123 e. The van der Waals surface area contributed by atoms with Crippen molar-refractivity contribution in [3.8, 4) is 17.2 Å². The van der Waals surface area contributed by atoms with Gasteiger partial charge in [0, 0.05) is 6.07 Å². The Kier molecular flexibility index (Phi) is 5.50. The van der Waals surface area contributed by atoms with Gasteiger partial charge in [-0.2, -0.15) is 0 Å². The monoisotopic (exact) mass is 369 g/mol. The fourth-order valence-electron chi connectivity index (χ4n) is 4.00. The van der Waals surface area contributed by atoms with E-state index in [-0.39, 0.29) is 5.60 Å². The van der Waals surface area contributed by atoms with E-state index in [1.165, 1.54) is 11.1 Å². The van der Waals surface area contributed by atoms with Gasteiger partial charge in [0.2, 0.25) is 0 Å². The van der Waals surface area contributed by atoms with Gasteiger partial charge in [-0.1, -0.05) is 12.1 Å². The molecule has 0 radical (unpaired) electrons. The second kappa shape index (κ2) is 8.19. The SMILES string of the molecule is COc1cccc(OCCOc2ccc3c(c2)CCOC32CCNCC2)c1. The first-order chi connectivity index (χ1) is 13.3. The van der Waals surface area contributed by atoms with Gasteiger partial charge in [-0.05, 0) is 67.7 Å². The first-order valence-electron chi connectivity index (χ1n) is 9.67. The van der Waals surface area contributed by atoms with E-state index >= 15 is 0 Å². The summed E-state index contributed by atoms with van der Waals surface area (Å²) < 4.78 is 23.1. The van der Waals surface area contributed by atoms with E-state index < -0.39 is 0 Å². The molecule has 0 atom stereocenters. The number of fused-ring (bicyclic) bond motifs is 2. The van der Waals surface area contributed by atoms with Crippen molar-refractivity contribution >= 4 is 0 Å². The number of ether oxygens (including phenoxy) is 4. The summed E-state index contributed by atoms with van der Waals surface area (Å²) in [5.41, 5.74) is 2.59. The lowest BCUT2D eigenvalue weighted by Gasteiger charge is -2.42. The van der Waals surface area contributed by atoms with Crippen molar-refractivity contribution in [2.75, 3.05) is 40.0 Å². The van der Waals surface area contributed by atoms with Crippen LogP contribution in [0.3, 0.4) is 0 Å². The third-order valence-electron chi connectivity index (χ3n) is 5.39. The van der Waals surface area contributed by atoms with Crippen molar-refractivity contribution in [3.05, 3.63) is 53.6 Å². The highest BCUT2D eigenvalue weighted by atomic mass is 16.5. The number of piperidine rings is 1. The number of rotatable bonds is 6. The molecule has 1 saturated heterocycles. The second-order valence-electron chi connectivity index (χ2n) is 7.04. The molecule has 2 aromatic carbocycles. The fraction of sp³-hybridized carbons (Fsp3) is 0.455. The van der Waals surface area contributed by atoms with Gasteiger partial charge < -0.3 is 24.3 Å². The first kappa shape index (κ1) is 18.1. The molecule has 4 rings (SSSR count). The average molecular weight is 369 g/mol. The van der Waals surface area contributed by atoms with E-state index in [1.807, 2.05) is 24.3 Å². The van der Waals surface area contributed by atoms with Gasteiger partial charge in [-0.15, -0.1) is 0 Å². The van der Waals surface area contributed by atoms with Crippen LogP contribution < -0.4 is 19.5 Å². The molecule has 5 heteroatoms. The maximum Gasteiger partial charge on any atom is 0.123 e. The summed E-state index contributed by atoms with van der Waals surface area (Å²) >= 11 is 0. The lowest BCUT2D eigenvalue weighted by Crippen LogP contribution is -2.44. The van der Waals surface area contributed by atoms with Crippen molar-refractivity contribution in [1.29, 1.82) is 0 Å². The van der Waals surface area contributed by atoms with E-state index in [4.69, 9.17) is 18.9 Å². The predicted octanol–water partition coefficient (Wildman–Crippen LogP) is 3.30. The van der Waals surface area contributed by atoms with Crippen molar-refractivity contribution in [2.45, 2.75) is 24.9 Å². The summed E-state index contributed by atoms with van der Waals surface area (Å²) in [7, 11) is 1.65. The minimum absolute atomic E-state index is 0.104. The van der Waals surface area contributed by atoms with Gasteiger partial charge in [0.25, 0.3) is 0 Å². The Balaban J connectivity index is 1.35. The summed E-state index contributed by atoms with van der Waals surface area (Å²) in [4.78, 5) is 0. The Labute approximate surface area is 160 Å². The van der Waals surface area contributed by atoms with Crippen LogP contribution in [0.1, 0.15) is 24.0 Å². The van der Waals surface area contributed by atoms with Crippen molar-refractivity contribution in [1.82, 2.24) is 5.32 Å². The highest BCUT2D eigenvalue weighted by molar-refractivity contribution is 5.41. The maximum atomic E-state index is 6.23. The lowest BCUT2D eigenvalue weighted by molar-refractivity contribution is -0.0802. The number of methoxy groups -OCH3 is 1. The highest BCUT2D eigenvalue weighted by Crippen LogP contribution is 2.41. The molecule has 0 aromatic heterocycles. The number of nitrogens with one attached hydrogen (secondary N) is 1. The van der Waals surface area contributed by atoms with Crippen LogP contribution >= 0.6 is 0 Å². The Hall–Kier alpha value is -2.24. The Morgan fingerprint density at radius 2 is 1.70 bits per heavy atom. The normalized spacial score (nSPS) is 18.0. The average Bonchev–Trinajstić information content (AvgIpc) is 2.72. The third kappa shape index (κ3) is 4.04. The van der Waals surface area contributed by atoms with Crippen LogP contribution in [-0.2, 0) is 16.8 Å². The van der Waals surface area contributed by atoms with Crippen molar-refractivity contribution in [2.24, 2.45) is 0 Å². The summed E-state index contributed by atoms with van der Waals surface area (Å²) in [6.07, 6.45) is 3.02. The number of benzene rings is 2. The molecule has 0 unspecified atom stereocenters. The molecule has 0 saturated carbocycles. The molecule has 5 nitrogen and oxygen atoms in total. The van der Waals surface area contributed by atoms with Crippen molar-refractivity contribution < 1.29 is 18.9 Å². The lowest BCUT2D eigenvalue weighted by atomic mass is 9.80. The van der Waals surface area contributed by atoms with Crippen LogP contribution in [0.2, 0.25) is 0 Å². The van der Waals surface area contributed by atoms with Gasteiger partial charge in [-0.25, -0.2) is 0 Å². The van der Waals surface area contributed by atoms with Crippen molar-refractivity contribution in [3.63, 3.8) is 0 Å². The fourth-order valence-corrected chi connectivity index (χ4v) is 4.00. The molecule has 1 N–H and O–H groups in total. The Morgan fingerprint density at radius 3 is 2.48 bits per heavy atom. The molecule has 27 heavy (non-hydrogen) atoms. The quantitative estimate of drug-likeness (QED) is 0.792. The minimum atomic E-state index is -0.104. The molecule has 2 aliphatic heterocycles.